The van der Waals surface area contributed by atoms with E-state index in [2.05, 4.69) is 25.5 Å². The number of rotatable bonds is 5. The second-order valence-corrected chi connectivity index (χ2v) is 5.53. The molecule has 2 aromatic rings. The molecule has 0 bridgehead atoms. The Labute approximate surface area is 135 Å². The van der Waals surface area contributed by atoms with Gasteiger partial charge in [0, 0.05) is 0 Å². The van der Waals surface area contributed by atoms with Crippen molar-refractivity contribution in [2.75, 3.05) is 0 Å². The summed E-state index contributed by atoms with van der Waals surface area (Å²) in [7, 11) is 0. The van der Waals surface area contributed by atoms with E-state index in [0.29, 0.717) is 0 Å². The molecule has 19 heavy (non-hydrogen) atoms. The van der Waals surface area contributed by atoms with Crippen molar-refractivity contribution in [3.63, 3.8) is 0 Å². The first-order valence-electron chi connectivity index (χ1n) is 5.62. The Morgan fingerprint density at radius 3 is 1.68 bits per heavy atom. The fourth-order valence-corrected chi connectivity index (χ4v) is 3.86. The van der Waals surface area contributed by atoms with E-state index >= 15 is 0 Å². The summed E-state index contributed by atoms with van der Waals surface area (Å²) in [5.74, 6) is 0. The van der Waals surface area contributed by atoms with Crippen molar-refractivity contribution < 1.29 is 38.7 Å². The van der Waals surface area contributed by atoms with Gasteiger partial charge in [0.25, 0.3) is 0 Å². The molecule has 0 unspecified atom stereocenters. The Morgan fingerprint density at radius 1 is 0.842 bits per heavy atom. The van der Waals surface area contributed by atoms with Gasteiger partial charge in [-0.05, 0) is 0 Å². The second kappa shape index (κ2) is 6.50. The number of aromatic nitrogens is 1. The average molecular weight is 585 g/mol. The standard InChI is InChI=1S/C16H11N.2W/c1-5-15-12(3)13(4)16(6-2)17(15)14-10-8-7-9-11-14;;/h1-11H;;/q-2;;. The van der Waals surface area contributed by atoms with Gasteiger partial charge in [0.05, 0.1) is 0 Å². The maximum absolute atomic E-state index is 5.84. The minimum absolute atomic E-state index is 0.991. The summed E-state index contributed by atoms with van der Waals surface area (Å²) in [6.45, 7) is 11.7. The van der Waals surface area contributed by atoms with Gasteiger partial charge in [-0.2, -0.15) is 0 Å². The van der Waals surface area contributed by atoms with Crippen molar-refractivity contribution in [3.8, 4) is 5.69 Å². The molecule has 0 atom stereocenters. The van der Waals surface area contributed by atoms with Crippen molar-refractivity contribution in [3.05, 3.63) is 66.0 Å². The predicted molar refractivity (Wildman–Crippen MR) is 73.6 cm³/mol. The van der Waals surface area contributed by atoms with Crippen molar-refractivity contribution in [2.45, 2.75) is 0 Å². The Morgan fingerprint density at radius 2 is 1.32 bits per heavy atom. The molecule has 0 aliphatic rings. The summed E-state index contributed by atoms with van der Waals surface area (Å²) in [6, 6.07) is 10.1. The molecule has 0 saturated heterocycles. The van der Waals surface area contributed by atoms with E-state index in [1.807, 2.05) is 18.2 Å². The van der Waals surface area contributed by atoms with Gasteiger partial charge in [-0.15, -0.1) is 0 Å². The van der Waals surface area contributed by atoms with Crippen molar-refractivity contribution in [2.24, 2.45) is 0 Å². The van der Waals surface area contributed by atoms with E-state index in [1.54, 1.807) is 12.2 Å². The van der Waals surface area contributed by atoms with E-state index < -0.39 is 0 Å². The third-order valence-electron chi connectivity index (χ3n) is 2.89. The van der Waals surface area contributed by atoms with Gasteiger partial charge in [0.15, 0.2) is 0 Å². The minimum atomic E-state index is 0.991. The first-order chi connectivity index (χ1) is 9.28. The zero-order valence-corrected chi connectivity index (χ0v) is 16.0. The van der Waals surface area contributed by atoms with Gasteiger partial charge in [0.1, 0.15) is 0 Å². The van der Waals surface area contributed by atoms with E-state index in [0.717, 1.165) is 28.2 Å². The molecule has 94 valence electrons. The van der Waals surface area contributed by atoms with E-state index in [4.69, 9.17) is 13.2 Å². The van der Waals surface area contributed by atoms with Crippen LogP contribution in [0.1, 0.15) is 22.5 Å². The van der Waals surface area contributed by atoms with E-state index in [-0.39, 0.29) is 0 Å². The quantitative estimate of drug-likeness (QED) is 0.477. The van der Waals surface area contributed by atoms with Crippen LogP contribution in [0.5, 0.6) is 0 Å². The van der Waals surface area contributed by atoms with Gasteiger partial charge in [-0.1, -0.05) is 0 Å². The molecule has 0 N–H and O–H groups in total. The molecule has 0 spiro atoms. The predicted octanol–water partition coefficient (Wildman–Crippen LogP) is 2.76. The average Bonchev–Trinajstić information content (AvgIpc) is 2.80. The molecule has 1 nitrogen and oxygen atoms in total. The molecule has 0 aliphatic heterocycles. The van der Waals surface area contributed by atoms with Crippen LogP contribution < -0.4 is 0 Å². The molecular formula is C16H11NW2-2. The van der Waals surface area contributed by atoms with Crippen molar-refractivity contribution in [1.82, 2.24) is 4.57 Å². The normalized spacial score (nSPS) is 9.89. The van der Waals surface area contributed by atoms with Crippen LogP contribution >= 0.6 is 0 Å². The molecule has 1 heterocycles. The fraction of sp³-hybridized carbons (Fsp3) is 0. The van der Waals surface area contributed by atoms with Crippen molar-refractivity contribution >= 4 is 21.0 Å². The summed E-state index contributed by atoms with van der Waals surface area (Å²) >= 11 is 2.79. The molecule has 0 aliphatic carbocycles. The van der Waals surface area contributed by atoms with Gasteiger partial charge in [-0.3, -0.25) is 0 Å². The first-order valence-corrected chi connectivity index (χ1v) is 9.01. The van der Waals surface area contributed by atoms with Crippen LogP contribution in [0.15, 0.2) is 30.3 Å². The second-order valence-electron chi connectivity index (χ2n) is 3.84. The Hall–Kier alpha value is -0.903. The Kier molecular flexibility index (Phi) is 4.97. The van der Waals surface area contributed by atoms with E-state index in [9.17, 15) is 0 Å². The number of hydrogen-bond donors (Lipinski definition) is 0. The van der Waals surface area contributed by atoms with Crippen LogP contribution in [-0.2, 0) is 38.7 Å². The molecular weight excluding hydrogens is 574 g/mol. The number of benzene rings is 1. The number of nitrogens with zero attached hydrogens (tertiary/aromatic N) is 1. The van der Waals surface area contributed by atoms with Crippen LogP contribution in [0.25, 0.3) is 17.8 Å². The van der Waals surface area contributed by atoms with Crippen LogP contribution in [0, 0.1) is 13.2 Å². The number of hydrogen-bond acceptors (Lipinski definition) is 0. The van der Waals surface area contributed by atoms with Crippen LogP contribution in [0.2, 0.25) is 0 Å². The van der Waals surface area contributed by atoms with Gasteiger partial charge in [0.2, 0.25) is 0 Å². The molecule has 3 heteroatoms. The van der Waals surface area contributed by atoms with Gasteiger partial charge in [-0.25, -0.2) is 0 Å². The third-order valence-corrected chi connectivity index (χ3v) is 4.58. The third kappa shape index (κ3) is 2.55. The summed E-state index contributed by atoms with van der Waals surface area (Å²) < 4.78 is 6.41. The maximum atomic E-state index is 5.84. The molecule has 0 amide bonds. The number of para-hydroxylation sites is 1. The summed E-state index contributed by atoms with van der Waals surface area (Å²) in [6.07, 6.45) is 3.30. The van der Waals surface area contributed by atoms with Gasteiger partial charge >= 0.3 is 136 Å². The zero-order chi connectivity index (χ0) is 13.8. The van der Waals surface area contributed by atoms with Crippen molar-refractivity contribution in [1.29, 1.82) is 0 Å². The fourth-order valence-electron chi connectivity index (χ4n) is 2.08. The Balaban J connectivity index is 2.90. The monoisotopic (exact) mass is 585 g/mol. The molecule has 0 fully saturated rings. The topological polar surface area (TPSA) is 4.93 Å². The SMILES string of the molecule is [CH-]=Cc1c([CH]=[W])c([CH]=[W])c(C=[CH-])n1-c1ccccc1. The molecule has 0 radical (unpaired) electrons. The molecule has 0 saturated carbocycles. The molecule has 1 aromatic carbocycles. The van der Waals surface area contributed by atoms with Crippen LogP contribution in [0.3, 0.4) is 0 Å². The molecule has 1 aromatic heterocycles. The summed E-state index contributed by atoms with van der Waals surface area (Å²) in [5.41, 5.74) is 5.37. The van der Waals surface area contributed by atoms with Gasteiger partial charge < -0.3 is 0 Å². The first kappa shape index (κ1) is 14.5. The molecule has 2 rings (SSSR count). The Bertz CT molecular complexity index is 614. The summed E-state index contributed by atoms with van der Waals surface area (Å²) in [4.78, 5) is 0. The summed E-state index contributed by atoms with van der Waals surface area (Å²) in [5, 5.41) is 0. The van der Waals surface area contributed by atoms with E-state index in [1.165, 1.54) is 38.7 Å². The zero-order valence-electron chi connectivity index (χ0n) is 10.1. The van der Waals surface area contributed by atoms with Crippen LogP contribution in [-0.4, -0.2) is 13.4 Å². The van der Waals surface area contributed by atoms with Crippen LogP contribution in [0.4, 0.5) is 0 Å².